The first-order chi connectivity index (χ1) is 14.2. The van der Waals surface area contributed by atoms with E-state index in [2.05, 4.69) is 21.2 Å². The molecule has 0 saturated heterocycles. The van der Waals surface area contributed by atoms with Crippen molar-refractivity contribution in [2.24, 2.45) is 0 Å². The smallest absolute Gasteiger partial charge is 0.264 e. The summed E-state index contributed by atoms with van der Waals surface area (Å²) in [6.07, 6.45) is 0. The first kappa shape index (κ1) is 22.1. The molecule has 0 bridgehead atoms. The van der Waals surface area contributed by atoms with Crippen molar-refractivity contribution in [3.8, 4) is 0 Å². The fourth-order valence-electron chi connectivity index (χ4n) is 2.91. The van der Waals surface area contributed by atoms with Crippen LogP contribution in [-0.2, 0) is 14.8 Å². The number of anilines is 2. The number of hydrogen-bond donors (Lipinski definition) is 1. The second-order valence-electron chi connectivity index (χ2n) is 7.15. The quantitative estimate of drug-likeness (QED) is 0.519. The molecule has 0 atom stereocenters. The SMILES string of the molecule is Cc1ccc(S(=O)(=O)N(CC(=O)Nc2ccc(C)c(C)c2)c2ccc(Br)cc2)cc1. The lowest BCUT2D eigenvalue weighted by Crippen LogP contribution is -2.38. The Morgan fingerprint density at radius 3 is 2.13 bits per heavy atom. The van der Waals surface area contributed by atoms with E-state index in [4.69, 9.17) is 0 Å². The van der Waals surface area contributed by atoms with Crippen LogP contribution in [0.3, 0.4) is 0 Å². The highest BCUT2D eigenvalue weighted by atomic mass is 79.9. The molecule has 3 rings (SSSR count). The number of benzene rings is 3. The predicted octanol–water partition coefficient (Wildman–Crippen LogP) is 5.21. The Hall–Kier alpha value is -2.64. The normalized spacial score (nSPS) is 11.2. The molecule has 0 aromatic heterocycles. The van der Waals surface area contributed by atoms with Gasteiger partial charge in [-0.1, -0.05) is 39.7 Å². The van der Waals surface area contributed by atoms with Crippen LogP contribution in [-0.4, -0.2) is 20.9 Å². The first-order valence-corrected chi connectivity index (χ1v) is 11.6. The third-order valence-electron chi connectivity index (χ3n) is 4.80. The molecular formula is C23H23BrN2O3S. The molecule has 0 saturated carbocycles. The zero-order valence-electron chi connectivity index (χ0n) is 17.0. The average molecular weight is 487 g/mol. The molecule has 5 nitrogen and oxygen atoms in total. The minimum absolute atomic E-state index is 0.134. The first-order valence-electron chi connectivity index (χ1n) is 9.39. The Bertz CT molecular complexity index is 1160. The van der Waals surface area contributed by atoms with Gasteiger partial charge in [0.15, 0.2) is 0 Å². The fraction of sp³-hybridized carbons (Fsp3) is 0.174. The van der Waals surface area contributed by atoms with Crippen LogP contribution in [0.15, 0.2) is 76.1 Å². The van der Waals surface area contributed by atoms with Gasteiger partial charge in [-0.3, -0.25) is 9.10 Å². The van der Waals surface area contributed by atoms with Gasteiger partial charge in [0.1, 0.15) is 6.54 Å². The Labute approximate surface area is 185 Å². The van der Waals surface area contributed by atoms with Crippen molar-refractivity contribution in [1.29, 1.82) is 0 Å². The number of nitrogens with zero attached hydrogens (tertiary/aromatic N) is 1. The van der Waals surface area contributed by atoms with Crippen LogP contribution in [0, 0.1) is 20.8 Å². The lowest BCUT2D eigenvalue weighted by molar-refractivity contribution is -0.114. The van der Waals surface area contributed by atoms with E-state index in [-0.39, 0.29) is 11.4 Å². The van der Waals surface area contributed by atoms with Gasteiger partial charge >= 0.3 is 0 Å². The van der Waals surface area contributed by atoms with E-state index in [1.165, 1.54) is 0 Å². The maximum atomic E-state index is 13.3. The Kier molecular flexibility index (Phi) is 6.63. The molecule has 0 aliphatic rings. The molecule has 0 aliphatic carbocycles. The van der Waals surface area contributed by atoms with Crippen LogP contribution in [0.5, 0.6) is 0 Å². The third-order valence-corrected chi connectivity index (χ3v) is 7.12. The van der Waals surface area contributed by atoms with E-state index in [1.54, 1.807) is 54.6 Å². The third kappa shape index (κ3) is 5.09. The molecule has 30 heavy (non-hydrogen) atoms. The van der Waals surface area contributed by atoms with Gasteiger partial charge in [0.25, 0.3) is 10.0 Å². The van der Waals surface area contributed by atoms with Crippen molar-refractivity contribution in [3.63, 3.8) is 0 Å². The molecule has 1 amide bonds. The highest BCUT2D eigenvalue weighted by molar-refractivity contribution is 9.10. The standard InChI is InChI=1S/C23H23BrN2O3S/c1-16-4-12-22(13-5-16)30(28,29)26(21-10-7-19(24)8-11-21)15-23(27)25-20-9-6-17(2)18(3)14-20/h4-14H,15H2,1-3H3,(H,25,27). The molecule has 7 heteroatoms. The van der Waals surface area contributed by atoms with Crippen LogP contribution in [0.2, 0.25) is 0 Å². The number of aryl methyl sites for hydroxylation is 3. The molecule has 1 N–H and O–H groups in total. The van der Waals surface area contributed by atoms with Gasteiger partial charge in [-0.05, 0) is 80.4 Å². The number of hydrogen-bond acceptors (Lipinski definition) is 3. The Morgan fingerprint density at radius 2 is 1.53 bits per heavy atom. The number of sulfonamides is 1. The van der Waals surface area contributed by atoms with Gasteiger partial charge < -0.3 is 5.32 Å². The summed E-state index contributed by atoms with van der Waals surface area (Å²) in [4.78, 5) is 12.9. The van der Waals surface area contributed by atoms with Gasteiger partial charge in [0, 0.05) is 10.2 Å². The van der Waals surface area contributed by atoms with Gasteiger partial charge in [-0.25, -0.2) is 8.42 Å². The minimum atomic E-state index is -3.93. The molecule has 0 unspecified atom stereocenters. The van der Waals surface area contributed by atoms with Crippen molar-refractivity contribution in [2.75, 3.05) is 16.2 Å². The lowest BCUT2D eigenvalue weighted by atomic mass is 10.1. The lowest BCUT2D eigenvalue weighted by Gasteiger charge is -2.24. The molecule has 0 aliphatic heterocycles. The summed E-state index contributed by atoms with van der Waals surface area (Å²) in [6, 6.07) is 19.0. The van der Waals surface area contributed by atoms with Crippen LogP contribution >= 0.6 is 15.9 Å². The number of halogens is 1. The minimum Gasteiger partial charge on any atom is -0.325 e. The number of amides is 1. The van der Waals surface area contributed by atoms with Gasteiger partial charge in [0.05, 0.1) is 10.6 Å². The zero-order valence-corrected chi connectivity index (χ0v) is 19.4. The van der Waals surface area contributed by atoms with E-state index in [0.29, 0.717) is 11.4 Å². The Morgan fingerprint density at radius 1 is 0.900 bits per heavy atom. The average Bonchev–Trinajstić information content (AvgIpc) is 2.70. The summed E-state index contributed by atoms with van der Waals surface area (Å²) in [7, 11) is -3.93. The molecule has 3 aromatic rings. The molecule has 0 radical (unpaired) electrons. The second kappa shape index (κ2) is 9.02. The highest BCUT2D eigenvalue weighted by Gasteiger charge is 2.27. The van der Waals surface area contributed by atoms with Gasteiger partial charge in [0.2, 0.25) is 5.91 Å². The van der Waals surface area contributed by atoms with Crippen molar-refractivity contribution in [2.45, 2.75) is 25.7 Å². The maximum absolute atomic E-state index is 13.3. The summed E-state index contributed by atoms with van der Waals surface area (Å²) in [5.74, 6) is -0.420. The number of carbonyl (C=O) groups is 1. The van der Waals surface area contributed by atoms with Crippen molar-refractivity contribution >= 4 is 43.2 Å². The van der Waals surface area contributed by atoms with E-state index in [0.717, 1.165) is 25.5 Å². The van der Waals surface area contributed by atoms with E-state index in [9.17, 15) is 13.2 Å². The Balaban J connectivity index is 1.93. The van der Waals surface area contributed by atoms with Gasteiger partial charge in [-0.2, -0.15) is 0 Å². The highest BCUT2D eigenvalue weighted by Crippen LogP contribution is 2.26. The van der Waals surface area contributed by atoms with E-state index < -0.39 is 15.9 Å². The molecule has 0 fully saturated rings. The summed E-state index contributed by atoms with van der Waals surface area (Å²) in [5, 5.41) is 2.80. The molecule has 0 spiro atoms. The fourth-order valence-corrected chi connectivity index (χ4v) is 4.60. The monoisotopic (exact) mass is 486 g/mol. The van der Waals surface area contributed by atoms with Crippen LogP contribution in [0.4, 0.5) is 11.4 Å². The van der Waals surface area contributed by atoms with Crippen molar-refractivity contribution in [1.82, 2.24) is 0 Å². The van der Waals surface area contributed by atoms with E-state index in [1.807, 2.05) is 32.9 Å². The maximum Gasteiger partial charge on any atom is 0.264 e. The topological polar surface area (TPSA) is 66.5 Å². The van der Waals surface area contributed by atoms with Crippen LogP contribution in [0.25, 0.3) is 0 Å². The van der Waals surface area contributed by atoms with Crippen molar-refractivity contribution < 1.29 is 13.2 Å². The summed E-state index contributed by atoms with van der Waals surface area (Å²) in [6.45, 7) is 5.50. The molecule has 3 aromatic carbocycles. The van der Waals surface area contributed by atoms with Crippen molar-refractivity contribution in [3.05, 3.63) is 87.9 Å². The molecular weight excluding hydrogens is 464 g/mol. The van der Waals surface area contributed by atoms with Gasteiger partial charge in [-0.15, -0.1) is 0 Å². The number of carbonyl (C=O) groups excluding carboxylic acids is 1. The van der Waals surface area contributed by atoms with Crippen LogP contribution in [0.1, 0.15) is 16.7 Å². The summed E-state index contributed by atoms with van der Waals surface area (Å²) < 4.78 is 28.6. The summed E-state index contributed by atoms with van der Waals surface area (Å²) in [5.41, 5.74) is 4.16. The number of rotatable bonds is 6. The molecule has 156 valence electrons. The van der Waals surface area contributed by atoms with E-state index >= 15 is 0 Å². The zero-order chi connectivity index (χ0) is 21.9. The molecule has 0 heterocycles. The largest absolute Gasteiger partial charge is 0.325 e. The predicted molar refractivity (Wildman–Crippen MR) is 124 cm³/mol. The summed E-state index contributed by atoms with van der Waals surface area (Å²) >= 11 is 3.36. The number of nitrogens with one attached hydrogen (secondary N) is 1. The van der Waals surface area contributed by atoms with Crippen LogP contribution < -0.4 is 9.62 Å². The second-order valence-corrected chi connectivity index (χ2v) is 9.93.